The van der Waals surface area contributed by atoms with Gasteiger partial charge in [0.15, 0.2) is 11.5 Å². The predicted molar refractivity (Wildman–Crippen MR) is 64.6 cm³/mol. The number of rotatable bonds is 2. The summed E-state index contributed by atoms with van der Waals surface area (Å²) in [6, 6.07) is 3.62. The summed E-state index contributed by atoms with van der Waals surface area (Å²) in [6.07, 6.45) is -3.43. The number of hydrogen-bond acceptors (Lipinski definition) is 3. The van der Waals surface area contributed by atoms with Crippen LogP contribution in [0.15, 0.2) is 33.3 Å². The number of carbonyl (C=O) groups is 1. The molecule has 0 aliphatic carbocycles. The standard InChI is InChI=1S/C12H7BrF3NO2/c1-6(18)10-5-17-11(19-10)8-3-2-7(13)4-9(8)12(14,15)16/h2-5H,1H3. The average Bonchev–Trinajstić information content (AvgIpc) is 2.77. The molecule has 0 radical (unpaired) electrons. The molecule has 0 amide bonds. The van der Waals surface area contributed by atoms with Crippen molar-refractivity contribution in [2.75, 3.05) is 0 Å². The molecule has 19 heavy (non-hydrogen) atoms. The zero-order valence-corrected chi connectivity index (χ0v) is 11.2. The number of aromatic nitrogens is 1. The first-order valence-corrected chi connectivity index (χ1v) is 5.92. The van der Waals surface area contributed by atoms with Crippen molar-refractivity contribution in [1.29, 1.82) is 0 Å². The first-order valence-electron chi connectivity index (χ1n) is 5.13. The highest BCUT2D eigenvalue weighted by atomic mass is 79.9. The summed E-state index contributed by atoms with van der Waals surface area (Å²) in [5.41, 5.74) is -1.08. The lowest BCUT2D eigenvalue weighted by Crippen LogP contribution is -2.07. The Labute approximate surface area is 114 Å². The van der Waals surface area contributed by atoms with Crippen LogP contribution < -0.4 is 0 Å². The van der Waals surface area contributed by atoms with Gasteiger partial charge in [0.1, 0.15) is 0 Å². The molecular weight excluding hydrogens is 327 g/mol. The highest BCUT2D eigenvalue weighted by Crippen LogP contribution is 2.38. The zero-order chi connectivity index (χ0) is 14.2. The summed E-state index contributed by atoms with van der Waals surface area (Å²) < 4.78 is 44.1. The molecule has 1 aromatic carbocycles. The van der Waals surface area contributed by atoms with Crippen LogP contribution in [0.5, 0.6) is 0 Å². The molecule has 0 unspecified atom stereocenters. The van der Waals surface area contributed by atoms with Crippen LogP contribution in [0.25, 0.3) is 11.5 Å². The fraction of sp³-hybridized carbons (Fsp3) is 0.167. The Morgan fingerprint density at radius 1 is 1.37 bits per heavy atom. The second-order valence-corrected chi connectivity index (χ2v) is 4.69. The summed E-state index contributed by atoms with van der Waals surface area (Å²) >= 11 is 2.98. The molecule has 0 bridgehead atoms. The number of alkyl halides is 3. The Morgan fingerprint density at radius 3 is 2.58 bits per heavy atom. The highest BCUT2D eigenvalue weighted by Gasteiger charge is 2.35. The Morgan fingerprint density at radius 2 is 2.05 bits per heavy atom. The van der Waals surface area contributed by atoms with E-state index >= 15 is 0 Å². The minimum absolute atomic E-state index is 0.0777. The molecule has 100 valence electrons. The van der Waals surface area contributed by atoms with Gasteiger partial charge in [-0.1, -0.05) is 15.9 Å². The van der Waals surface area contributed by atoms with Gasteiger partial charge in [-0.25, -0.2) is 4.98 Å². The third-order valence-corrected chi connectivity index (χ3v) is 2.86. The topological polar surface area (TPSA) is 43.1 Å². The van der Waals surface area contributed by atoms with Gasteiger partial charge in [-0.15, -0.1) is 0 Å². The zero-order valence-electron chi connectivity index (χ0n) is 9.58. The van der Waals surface area contributed by atoms with E-state index in [1.54, 1.807) is 0 Å². The summed E-state index contributed by atoms with van der Waals surface area (Å²) in [4.78, 5) is 14.8. The molecule has 0 N–H and O–H groups in total. The Hall–Kier alpha value is -1.63. The number of ketones is 1. The minimum atomic E-state index is -4.54. The molecular formula is C12H7BrF3NO2. The second-order valence-electron chi connectivity index (χ2n) is 3.77. The largest absolute Gasteiger partial charge is 0.433 e. The summed E-state index contributed by atoms with van der Waals surface area (Å²) in [5, 5.41) is 0. The van der Waals surface area contributed by atoms with Gasteiger partial charge in [-0.2, -0.15) is 13.2 Å². The molecule has 2 rings (SSSR count). The van der Waals surface area contributed by atoms with Crippen LogP contribution in [-0.4, -0.2) is 10.8 Å². The maximum Gasteiger partial charge on any atom is 0.417 e. The molecule has 0 spiro atoms. The summed E-state index contributed by atoms with van der Waals surface area (Å²) in [6.45, 7) is 1.25. The second kappa shape index (κ2) is 4.80. The van der Waals surface area contributed by atoms with E-state index in [9.17, 15) is 18.0 Å². The van der Waals surface area contributed by atoms with Gasteiger partial charge in [0.2, 0.25) is 5.89 Å². The smallest absolute Gasteiger partial charge is 0.417 e. The van der Waals surface area contributed by atoms with Gasteiger partial charge in [0.05, 0.1) is 11.8 Å². The van der Waals surface area contributed by atoms with Gasteiger partial charge >= 0.3 is 6.18 Å². The van der Waals surface area contributed by atoms with E-state index in [1.807, 2.05) is 0 Å². The van der Waals surface area contributed by atoms with Gasteiger partial charge in [-0.3, -0.25) is 4.79 Å². The van der Waals surface area contributed by atoms with Crippen molar-refractivity contribution in [2.24, 2.45) is 0 Å². The normalized spacial score (nSPS) is 11.6. The third-order valence-electron chi connectivity index (χ3n) is 2.37. The third kappa shape index (κ3) is 2.86. The quantitative estimate of drug-likeness (QED) is 0.768. The van der Waals surface area contributed by atoms with Gasteiger partial charge in [-0.05, 0) is 18.2 Å². The summed E-state index contributed by atoms with van der Waals surface area (Å²) in [5.74, 6) is -0.708. The van der Waals surface area contributed by atoms with Gasteiger partial charge in [0, 0.05) is 17.0 Å². The van der Waals surface area contributed by atoms with Crippen molar-refractivity contribution >= 4 is 21.7 Å². The lowest BCUT2D eigenvalue weighted by atomic mass is 10.1. The first kappa shape index (κ1) is 13.8. The molecule has 7 heteroatoms. The molecule has 0 fully saturated rings. The van der Waals surface area contributed by atoms with E-state index in [0.717, 1.165) is 12.3 Å². The van der Waals surface area contributed by atoms with Crippen molar-refractivity contribution in [3.8, 4) is 11.5 Å². The number of benzene rings is 1. The van der Waals surface area contributed by atoms with Crippen molar-refractivity contribution < 1.29 is 22.4 Å². The maximum atomic E-state index is 12.9. The van der Waals surface area contributed by atoms with Crippen LogP contribution in [-0.2, 0) is 6.18 Å². The van der Waals surface area contributed by atoms with E-state index in [4.69, 9.17) is 4.42 Å². The molecule has 0 saturated heterocycles. The molecule has 0 aliphatic rings. The van der Waals surface area contributed by atoms with Crippen LogP contribution in [0.1, 0.15) is 23.0 Å². The Balaban J connectivity index is 2.58. The maximum absolute atomic E-state index is 12.9. The molecule has 0 atom stereocenters. The minimum Gasteiger partial charge on any atom is -0.433 e. The van der Waals surface area contributed by atoms with Gasteiger partial charge in [0.25, 0.3) is 0 Å². The molecule has 0 aliphatic heterocycles. The first-order chi connectivity index (χ1) is 8.79. The van der Waals surface area contributed by atoms with E-state index < -0.39 is 17.5 Å². The Bertz CT molecular complexity index is 634. The monoisotopic (exact) mass is 333 g/mol. The molecule has 0 saturated carbocycles. The fourth-order valence-electron chi connectivity index (χ4n) is 1.50. The molecule has 1 aromatic heterocycles. The molecule has 3 nitrogen and oxygen atoms in total. The number of carbonyl (C=O) groups excluding carboxylic acids is 1. The molecule has 2 aromatic rings. The average molecular weight is 334 g/mol. The van der Waals surface area contributed by atoms with Crippen molar-refractivity contribution in [3.63, 3.8) is 0 Å². The number of oxazole rings is 1. The summed E-state index contributed by atoms with van der Waals surface area (Å²) in [7, 11) is 0. The number of halogens is 4. The van der Waals surface area contributed by atoms with Crippen molar-refractivity contribution in [3.05, 3.63) is 40.2 Å². The van der Waals surface area contributed by atoms with Crippen molar-refractivity contribution in [2.45, 2.75) is 13.1 Å². The van der Waals surface area contributed by atoms with Crippen LogP contribution in [0.3, 0.4) is 0 Å². The van der Waals surface area contributed by atoms with E-state index in [0.29, 0.717) is 4.47 Å². The molecule has 1 heterocycles. The lowest BCUT2D eigenvalue weighted by molar-refractivity contribution is -0.137. The van der Waals surface area contributed by atoms with E-state index in [-0.39, 0.29) is 17.2 Å². The van der Waals surface area contributed by atoms with E-state index in [2.05, 4.69) is 20.9 Å². The predicted octanol–water partition coefficient (Wildman–Crippen LogP) is 4.33. The van der Waals surface area contributed by atoms with Crippen molar-refractivity contribution in [1.82, 2.24) is 4.98 Å². The van der Waals surface area contributed by atoms with Crippen LogP contribution >= 0.6 is 15.9 Å². The SMILES string of the molecule is CC(=O)c1cnc(-c2ccc(Br)cc2C(F)(F)F)o1. The Kier molecular flexibility index (Phi) is 3.49. The van der Waals surface area contributed by atoms with Crippen LogP contribution in [0.4, 0.5) is 13.2 Å². The van der Waals surface area contributed by atoms with Crippen LogP contribution in [0.2, 0.25) is 0 Å². The number of nitrogens with zero attached hydrogens (tertiary/aromatic N) is 1. The lowest BCUT2D eigenvalue weighted by Gasteiger charge is -2.10. The van der Waals surface area contributed by atoms with Gasteiger partial charge < -0.3 is 4.42 Å². The number of hydrogen-bond donors (Lipinski definition) is 0. The number of Topliss-reactive ketones (excluding diaryl/α,β-unsaturated/α-hetero) is 1. The highest BCUT2D eigenvalue weighted by molar-refractivity contribution is 9.10. The van der Waals surface area contributed by atoms with Crippen LogP contribution in [0, 0.1) is 0 Å². The van der Waals surface area contributed by atoms with E-state index in [1.165, 1.54) is 19.1 Å². The fourth-order valence-corrected chi connectivity index (χ4v) is 1.86.